The Hall–Kier alpha value is -2.23. The van der Waals surface area contributed by atoms with Gasteiger partial charge in [0.05, 0.1) is 4.88 Å². The van der Waals surface area contributed by atoms with Crippen LogP contribution in [0.4, 0.5) is 5.00 Å². The Labute approximate surface area is 163 Å². The number of nitrogens with one attached hydrogen (secondary N) is 1. The van der Waals surface area contributed by atoms with Gasteiger partial charge in [-0.25, -0.2) is 4.79 Å². The lowest BCUT2D eigenvalue weighted by atomic mass is 10.1. The van der Waals surface area contributed by atoms with E-state index in [1.54, 1.807) is 24.3 Å². The summed E-state index contributed by atoms with van der Waals surface area (Å²) >= 11 is -1.85. The van der Waals surface area contributed by atoms with E-state index in [9.17, 15) is 23.5 Å². The van der Waals surface area contributed by atoms with Crippen molar-refractivity contribution in [2.45, 2.75) is 37.8 Å². The SMILES string of the molecule is CC(C)NC(=O)c1ccc(N(S(=O)[O-])C2(C(=O)O)CC2c2ccccc2)s1. The molecular formula is C18H19N2O5S2-. The molecule has 1 aromatic heterocycles. The second kappa shape index (κ2) is 7.41. The number of amides is 1. The summed E-state index contributed by atoms with van der Waals surface area (Å²) in [6.07, 6.45) is 0.172. The first-order chi connectivity index (χ1) is 12.8. The third-order valence-corrected chi connectivity index (χ3v) is 6.46. The molecule has 3 atom stereocenters. The minimum atomic E-state index is -2.81. The van der Waals surface area contributed by atoms with E-state index in [0.29, 0.717) is 4.88 Å². The van der Waals surface area contributed by atoms with Gasteiger partial charge in [0.25, 0.3) is 5.91 Å². The van der Waals surface area contributed by atoms with Crippen LogP contribution >= 0.6 is 11.3 Å². The highest BCUT2D eigenvalue weighted by atomic mass is 32.2. The number of anilines is 1. The zero-order chi connectivity index (χ0) is 19.8. The summed E-state index contributed by atoms with van der Waals surface area (Å²) in [4.78, 5) is 24.6. The van der Waals surface area contributed by atoms with Gasteiger partial charge in [0, 0.05) is 23.2 Å². The van der Waals surface area contributed by atoms with Crippen LogP contribution in [0.15, 0.2) is 42.5 Å². The van der Waals surface area contributed by atoms with E-state index in [0.717, 1.165) is 21.2 Å². The number of hydrogen-bond acceptors (Lipinski definition) is 5. The van der Waals surface area contributed by atoms with E-state index >= 15 is 0 Å². The molecule has 1 amide bonds. The van der Waals surface area contributed by atoms with Crippen molar-refractivity contribution in [3.63, 3.8) is 0 Å². The number of aliphatic carboxylic acids is 1. The molecule has 27 heavy (non-hydrogen) atoms. The van der Waals surface area contributed by atoms with Gasteiger partial charge in [-0.3, -0.25) is 13.3 Å². The Kier molecular flexibility index (Phi) is 5.36. The molecule has 9 heteroatoms. The Balaban J connectivity index is 1.96. The average molecular weight is 407 g/mol. The van der Waals surface area contributed by atoms with E-state index in [1.807, 2.05) is 19.9 Å². The Morgan fingerprint density at radius 2 is 1.96 bits per heavy atom. The lowest BCUT2D eigenvalue weighted by Gasteiger charge is -2.32. The highest BCUT2D eigenvalue weighted by Gasteiger charge is 2.66. The molecule has 3 rings (SSSR count). The molecular weight excluding hydrogens is 388 g/mol. The number of carboxylic acids is 1. The van der Waals surface area contributed by atoms with Gasteiger partial charge in [0.2, 0.25) is 0 Å². The zero-order valence-corrected chi connectivity index (χ0v) is 16.4. The van der Waals surface area contributed by atoms with Crippen LogP contribution < -0.4 is 9.62 Å². The zero-order valence-electron chi connectivity index (χ0n) is 14.7. The number of carbonyl (C=O) groups is 2. The fourth-order valence-corrected chi connectivity index (χ4v) is 5.12. The molecule has 0 spiro atoms. The minimum Gasteiger partial charge on any atom is -0.755 e. The van der Waals surface area contributed by atoms with Gasteiger partial charge >= 0.3 is 5.97 Å². The van der Waals surface area contributed by atoms with E-state index < -0.39 is 28.7 Å². The van der Waals surface area contributed by atoms with Crippen molar-refractivity contribution in [3.05, 3.63) is 52.9 Å². The Morgan fingerprint density at radius 1 is 1.30 bits per heavy atom. The third-order valence-electron chi connectivity index (χ3n) is 4.45. The van der Waals surface area contributed by atoms with E-state index in [4.69, 9.17) is 0 Å². The van der Waals surface area contributed by atoms with E-state index in [1.165, 1.54) is 12.1 Å². The number of carboxylic acid groups (broad SMARTS) is 1. The van der Waals surface area contributed by atoms with Crippen LogP contribution in [0.2, 0.25) is 0 Å². The van der Waals surface area contributed by atoms with Crippen molar-refractivity contribution >= 4 is 39.5 Å². The quantitative estimate of drug-likeness (QED) is 0.685. The molecule has 0 radical (unpaired) electrons. The molecule has 1 saturated carbocycles. The molecule has 2 aromatic rings. The summed E-state index contributed by atoms with van der Waals surface area (Å²) in [6, 6.07) is 11.9. The molecule has 1 aromatic carbocycles. The summed E-state index contributed by atoms with van der Waals surface area (Å²) in [5, 5.41) is 12.8. The normalized spacial score (nSPS) is 22.3. The molecule has 2 N–H and O–H groups in total. The molecule has 1 aliphatic carbocycles. The summed E-state index contributed by atoms with van der Waals surface area (Å²) in [5.41, 5.74) is -0.811. The maximum Gasteiger partial charge on any atom is 0.331 e. The molecule has 1 heterocycles. The first-order valence-corrected chi connectivity index (χ1v) is 10.2. The predicted molar refractivity (Wildman–Crippen MR) is 102 cm³/mol. The third kappa shape index (κ3) is 3.62. The number of rotatable bonds is 7. The molecule has 1 fully saturated rings. The van der Waals surface area contributed by atoms with Gasteiger partial charge in [-0.1, -0.05) is 30.3 Å². The summed E-state index contributed by atoms with van der Waals surface area (Å²) in [5.74, 6) is -1.98. The van der Waals surface area contributed by atoms with Crippen molar-refractivity contribution in [2.75, 3.05) is 4.31 Å². The molecule has 7 nitrogen and oxygen atoms in total. The largest absolute Gasteiger partial charge is 0.755 e. The van der Waals surface area contributed by atoms with Gasteiger partial charge in [-0.05, 0) is 38.0 Å². The first-order valence-electron chi connectivity index (χ1n) is 8.36. The molecule has 3 unspecified atom stereocenters. The van der Waals surface area contributed by atoms with Crippen LogP contribution in [0.3, 0.4) is 0 Å². The van der Waals surface area contributed by atoms with Crippen molar-refractivity contribution in [2.24, 2.45) is 0 Å². The number of carbonyl (C=O) groups excluding carboxylic acids is 1. The standard InChI is InChI=1S/C18H20N2O5S2/c1-11(2)19-16(21)14-8-9-15(26-14)20(27(24)25)18(17(22)23)10-13(18)12-6-4-3-5-7-12/h3-9,11,13H,10H2,1-2H3,(H,19,21)(H,22,23)(H,24,25)/p-1. The second-order valence-corrected chi connectivity index (χ2v) is 8.54. The van der Waals surface area contributed by atoms with Crippen LogP contribution in [0.5, 0.6) is 0 Å². The summed E-state index contributed by atoms with van der Waals surface area (Å²) < 4.78 is 24.9. The van der Waals surface area contributed by atoms with Crippen LogP contribution in [0.1, 0.15) is 41.4 Å². The smallest absolute Gasteiger partial charge is 0.331 e. The molecule has 144 valence electrons. The Bertz CT molecular complexity index is 883. The lowest BCUT2D eigenvalue weighted by Crippen LogP contribution is -2.46. The maximum absolute atomic E-state index is 12.2. The average Bonchev–Trinajstić information content (AvgIpc) is 3.16. The second-order valence-electron chi connectivity index (χ2n) is 6.67. The van der Waals surface area contributed by atoms with Crippen molar-refractivity contribution in [3.8, 4) is 0 Å². The van der Waals surface area contributed by atoms with E-state index in [-0.39, 0.29) is 23.4 Å². The number of nitrogens with zero attached hydrogens (tertiary/aromatic N) is 1. The molecule has 0 aliphatic heterocycles. The monoisotopic (exact) mass is 407 g/mol. The molecule has 0 bridgehead atoms. The minimum absolute atomic E-state index is 0.0657. The highest BCUT2D eigenvalue weighted by molar-refractivity contribution is 7.81. The summed E-state index contributed by atoms with van der Waals surface area (Å²) in [6.45, 7) is 3.64. The number of benzene rings is 1. The van der Waals surface area contributed by atoms with Gasteiger partial charge < -0.3 is 15.0 Å². The lowest BCUT2D eigenvalue weighted by molar-refractivity contribution is -0.139. The van der Waals surface area contributed by atoms with Crippen LogP contribution in [0, 0.1) is 0 Å². The van der Waals surface area contributed by atoms with Crippen LogP contribution in [-0.4, -0.2) is 37.3 Å². The van der Waals surface area contributed by atoms with Crippen molar-refractivity contribution < 1.29 is 23.5 Å². The topological polar surface area (TPSA) is 110 Å². The van der Waals surface area contributed by atoms with Gasteiger partial charge in [0.15, 0.2) is 5.54 Å². The molecule has 1 aliphatic rings. The summed E-state index contributed by atoms with van der Waals surface area (Å²) in [7, 11) is 0. The van der Waals surface area contributed by atoms with Crippen LogP contribution in [0.25, 0.3) is 0 Å². The first kappa shape index (κ1) is 19.5. The Morgan fingerprint density at radius 3 is 2.52 bits per heavy atom. The number of hydrogen-bond donors (Lipinski definition) is 2. The molecule has 0 saturated heterocycles. The van der Waals surface area contributed by atoms with Gasteiger partial charge in [-0.15, -0.1) is 11.3 Å². The van der Waals surface area contributed by atoms with Gasteiger partial charge in [-0.2, -0.15) is 0 Å². The van der Waals surface area contributed by atoms with Crippen molar-refractivity contribution in [1.82, 2.24) is 5.32 Å². The maximum atomic E-state index is 12.2. The fraction of sp³-hybridized carbons (Fsp3) is 0.333. The fourth-order valence-electron chi connectivity index (χ4n) is 3.17. The highest BCUT2D eigenvalue weighted by Crippen LogP contribution is 2.58. The van der Waals surface area contributed by atoms with E-state index in [2.05, 4.69) is 5.32 Å². The number of thiophene rings is 1. The predicted octanol–water partition coefficient (Wildman–Crippen LogP) is 2.50. The van der Waals surface area contributed by atoms with Crippen molar-refractivity contribution in [1.29, 1.82) is 0 Å². The van der Waals surface area contributed by atoms with Crippen LogP contribution in [-0.2, 0) is 16.1 Å². The van der Waals surface area contributed by atoms with Gasteiger partial charge in [0.1, 0.15) is 5.00 Å².